The highest BCUT2D eigenvalue weighted by Gasteiger charge is 2.06. The number of nitrogens with one attached hydrogen (secondary N) is 1. The Kier molecular flexibility index (Phi) is 3.80. The van der Waals surface area contributed by atoms with Gasteiger partial charge < -0.3 is 10.4 Å². The van der Waals surface area contributed by atoms with Gasteiger partial charge in [0.25, 0.3) is 0 Å². The molecule has 0 saturated carbocycles. The van der Waals surface area contributed by atoms with E-state index in [1.165, 1.54) is 11.8 Å². The third-order valence-electron chi connectivity index (χ3n) is 3.00. The Morgan fingerprint density at radius 1 is 1.32 bits per heavy atom. The fourth-order valence-electron chi connectivity index (χ4n) is 1.92. The van der Waals surface area contributed by atoms with Gasteiger partial charge in [-0.05, 0) is 36.6 Å². The minimum Gasteiger partial charge on any atom is -0.478 e. The molecule has 0 unspecified atom stereocenters. The highest BCUT2D eigenvalue weighted by atomic mass is 16.4. The summed E-state index contributed by atoms with van der Waals surface area (Å²) in [5.74, 6) is -0.321. The Morgan fingerprint density at radius 3 is 2.68 bits per heavy atom. The summed E-state index contributed by atoms with van der Waals surface area (Å²) in [6.07, 6.45) is 2.28. The molecule has 0 saturated heterocycles. The molecule has 0 spiro atoms. The van der Waals surface area contributed by atoms with E-state index in [-0.39, 0.29) is 5.56 Å². The van der Waals surface area contributed by atoms with Gasteiger partial charge in [0, 0.05) is 11.9 Å². The van der Waals surface area contributed by atoms with Gasteiger partial charge in [-0.25, -0.2) is 9.78 Å². The summed E-state index contributed by atoms with van der Waals surface area (Å²) in [6, 6.07) is 9.35. The van der Waals surface area contributed by atoms with Crippen LogP contribution in [0.1, 0.15) is 28.4 Å². The van der Waals surface area contributed by atoms with Crippen molar-refractivity contribution in [3.63, 3.8) is 0 Å². The standard InChI is InChI=1S/C15H16N2O2/c1-3-11-6-4-5-10(2)14(11)17-13-8-7-12(9-16-13)15(18)19/h4-9H,3H2,1-2H3,(H,16,17)(H,18,19). The van der Waals surface area contributed by atoms with Crippen molar-refractivity contribution in [3.05, 3.63) is 53.2 Å². The molecule has 0 aliphatic carbocycles. The predicted molar refractivity (Wildman–Crippen MR) is 75.0 cm³/mol. The number of hydrogen-bond donors (Lipinski definition) is 2. The molecule has 2 rings (SSSR count). The van der Waals surface area contributed by atoms with Gasteiger partial charge in [0.15, 0.2) is 0 Å². The van der Waals surface area contributed by atoms with Crippen molar-refractivity contribution in [2.24, 2.45) is 0 Å². The second-order valence-electron chi connectivity index (χ2n) is 4.32. The van der Waals surface area contributed by atoms with Crippen molar-refractivity contribution in [2.45, 2.75) is 20.3 Å². The molecule has 1 heterocycles. The maximum absolute atomic E-state index is 10.8. The molecule has 0 aliphatic rings. The number of rotatable bonds is 4. The zero-order valence-electron chi connectivity index (χ0n) is 11.0. The molecular weight excluding hydrogens is 240 g/mol. The number of carboxylic acid groups (broad SMARTS) is 1. The number of carbonyl (C=O) groups is 1. The van der Waals surface area contributed by atoms with Gasteiger partial charge in [-0.15, -0.1) is 0 Å². The van der Waals surface area contributed by atoms with Crippen LogP contribution in [0.2, 0.25) is 0 Å². The van der Waals surface area contributed by atoms with Gasteiger partial charge in [-0.3, -0.25) is 0 Å². The number of nitrogens with zero attached hydrogens (tertiary/aromatic N) is 1. The van der Waals surface area contributed by atoms with Crippen LogP contribution in [0.3, 0.4) is 0 Å². The molecule has 19 heavy (non-hydrogen) atoms. The maximum atomic E-state index is 10.8. The maximum Gasteiger partial charge on any atom is 0.337 e. The number of anilines is 2. The number of benzene rings is 1. The van der Waals surface area contributed by atoms with E-state index < -0.39 is 5.97 Å². The van der Waals surface area contributed by atoms with Crippen LogP contribution in [0.4, 0.5) is 11.5 Å². The smallest absolute Gasteiger partial charge is 0.337 e. The molecule has 98 valence electrons. The van der Waals surface area contributed by atoms with Crippen molar-refractivity contribution in [1.29, 1.82) is 0 Å². The van der Waals surface area contributed by atoms with E-state index in [0.717, 1.165) is 17.7 Å². The Morgan fingerprint density at radius 2 is 2.11 bits per heavy atom. The topological polar surface area (TPSA) is 62.2 Å². The fourth-order valence-corrected chi connectivity index (χ4v) is 1.92. The molecule has 0 aliphatic heterocycles. The lowest BCUT2D eigenvalue weighted by Gasteiger charge is -2.13. The molecule has 0 radical (unpaired) electrons. The summed E-state index contributed by atoms with van der Waals surface area (Å²) in [4.78, 5) is 14.9. The van der Waals surface area contributed by atoms with Gasteiger partial charge >= 0.3 is 5.97 Å². The van der Waals surface area contributed by atoms with Gasteiger partial charge in [-0.2, -0.15) is 0 Å². The molecule has 4 heteroatoms. The van der Waals surface area contributed by atoms with Crippen LogP contribution < -0.4 is 5.32 Å². The summed E-state index contributed by atoms with van der Waals surface area (Å²) < 4.78 is 0. The van der Waals surface area contributed by atoms with E-state index in [1.807, 2.05) is 19.1 Å². The quantitative estimate of drug-likeness (QED) is 0.880. The van der Waals surface area contributed by atoms with Crippen LogP contribution in [0.25, 0.3) is 0 Å². The Balaban J connectivity index is 2.28. The molecule has 0 bridgehead atoms. The molecular formula is C15H16N2O2. The zero-order chi connectivity index (χ0) is 13.8. The number of carboxylic acids is 1. The molecule has 4 nitrogen and oxygen atoms in total. The summed E-state index contributed by atoms with van der Waals surface area (Å²) in [5.41, 5.74) is 3.58. The number of aromatic carboxylic acids is 1. The van der Waals surface area contributed by atoms with E-state index >= 15 is 0 Å². The summed E-state index contributed by atoms with van der Waals surface area (Å²) in [6.45, 7) is 4.13. The first-order valence-corrected chi connectivity index (χ1v) is 6.16. The second kappa shape index (κ2) is 5.52. The van der Waals surface area contributed by atoms with Crippen LogP contribution in [-0.4, -0.2) is 16.1 Å². The minimum atomic E-state index is -0.968. The molecule has 0 amide bonds. The van der Waals surface area contributed by atoms with Gasteiger partial charge in [0.2, 0.25) is 0 Å². The lowest BCUT2D eigenvalue weighted by atomic mass is 10.1. The number of aryl methyl sites for hydroxylation is 2. The highest BCUT2D eigenvalue weighted by Crippen LogP contribution is 2.24. The van der Waals surface area contributed by atoms with Crippen molar-refractivity contribution >= 4 is 17.5 Å². The molecule has 2 N–H and O–H groups in total. The third-order valence-corrected chi connectivity index (χ3v) is 3.00. The van der Waals surface area contributed by atoms with Crippen LogP contribution in [0.5, 0.6) is 0 Å². The van der Waals surface area contributed by atoms with Crippen molar-refractivity contribution in [1.82, 2.24) is 4.98 Å². The largest absolute Gasteiger partial charge is 0.478 e. The van der Waals surface area contributed by atoms with Gasteiger partial charge in [0.1, 0.15) is 5.82 Å². The number of para-hydroxylation sites is 1. The summed E-state index contributed by atoms with van der Waals surface area (Å²) in [5, 5.41) is 12.1. The van der Waals surface area contributed by atoms with Crippen molar-refractivity contribution in [3.8, 4) is 0 Å². The molecule has 0 atom stereocenters. The van der Waals surface area contributed by atoms with E-state index in [9.17, 15) is 4.79 Å². The highest BCUT2D eigenvalue weighted by molar-refractivity contribution is 5.87. The molecule has 1 aromatic heterocycles. The van der Waals surface area contributed by atoms with Gasteiger partial charge in [0.05, 0.1) is 5.56 Å². The summed E-state index contributed by atoms with van der Waals surface area (Å²) in [7, 11) is 0. The van der Waals surface area contributed by atoms with E-state index in [2.05, 4.69) is 23.3 Å². The van der Waals surface area contributed by atoms with Crippen LogP contribution >= 0.6 is 0 Å². The number of pyridine rings is 1. The predicted octanol–water partition coefficient (Wildman–Crippen LogP) is 3.39. The monoisotopic (exact) mass is 256 g/mol. The van der Waals surface area contributed by atoms with Crippen LogP contribution in [-0.2, 0) is 6.42 Å². The molecule has 2 aromatic rings. The Bertz CT molecular complexity index is 592. The SMILES string of the molecule is CCc1cccc(C)c1Nc1ccc(C(=O)O)cn1. The number of aromatic nitrogens is 1. The van der Waals surface area contributed by atoms with Crippen molar-refractivity contribution in [2.75, 3.05) is 5.32 Å². The third kappa shape index (κ3) is 2.91. The minimum absolute atomic E-state index is 0.186. The molecule has 0 fully saturated rings. The first kappa shape index (κ1) is 13.1. The van der Waals surface area contributed by atoms with Crippen LogP contribution in [0, 0.1) is 6.92 Å². The van der Waals surface area contributed by atoms with Crippen molar-refractivity contribution < 1.29 is 9.90 Å². The zero-order valence-corrected chi connectivity index (χ0v) is 11.0. The lowest BCUT2D eigenvalue weighted by molar-refractivity contribution is 0.0696. The second-order valence-corrected chi connectivity index (χ2v) is 4.32. The van der Waals surface area contributed by atoms with Crippen LogP contribution in [0.15, 0.2) is 36.5 Å². The van der Waals surface area contributed by atoms with E-state index in [4.69, 9.17) is 5.11 Å². The van der Waals surface area contributed by atoms with E-state index in [0.29, 0.717) is 5.82 Å². The van der Waals surface area contributed by atoms with E-state index in [1.54, 1.807) is 12.1 Å². The molecule has 1 aromatic carbocycles. The average molecular weight is 256 g/mol. The van der Waals surface area contributed by atoms with Gasteiger partial charge in [-0.1, -0.05) is 25.1 Å². The normalized spacial score (nSPS) is 10.2. The number of hydrogen-bond acceptors (Lipinski definition) is 3. The Hall–Kier alpha value is -2.36. The average Bonchev–Trinajstić information content (AvgIpc) is 2.41. The lowest BCUT2D eigenvalue weighted by Crippen LogP contribution is -2.02. The fraction of sp³-hybridized carbons (Fsp3) is 0.200. The first-order chi connectivity index (χ1) is 9.11. The Labute approximate surface area is 112 Å². The first-order valence-electron chi connectivity index (χ1n) is 6.16. The summed E-state index contributed by atoms with van der Waals surface area (Å²) >= 11 is 0.